The number of rotatable bonds is 14. The number of aromatic nitrogens is 2. The molecule has 2 aliphatic rings. The molecule has 0 bridgehead atoms. The molecule has 4 heterocycles. The fourth-order valence-corrected chi connectivity index (χ4v) is 12.0. The predicted octanol–water partition coefficient (Wildman–Crippen LogP) is 7.14. The number of hydrogen-bond donors (Lipinski definition) is 0. The Hall–Kier alpha value is -5.24. The van der Waals surface area contributed by atoms with Crippen LogP contribution in [0.4, 0.5) is 10.3 Å². The maximum atomic E-state index is 12.9. The van der Waals surface area contributed by atoms with Gasteiger partial charge in [-0.15, -0.1) is 22.7 Å². The molecule has 2 fully saturated rings. The lowest BCUT2D eigenvalue weighted by Gasteiger charge is -2.33. The third-order valence-electron chi connectivity index (χ3n) is 11.0. The molecule has 0 spiro atoms. The number of ether oxygens (including phenoxy) is 4. The minimum Gasteiger partial charge on any atom is -0.497 e. The Balaban J connectivity index is 0.000000191. The Morgan fingerprint density at radius 3 is 1.33 bits per heavy atom. The quantitative estimate of drug-likeness (QED) is 0.110. The number of methoxy groups -OCH3 is 4. The number of hydrogen-bond acceptors (Lipinski definition) is 14. The third-order valence-corrected chi connectivity index (χ3v) is 16.8. The van der Waals surface area contributed by atoms with Crippen LogP contribution in [0, 0.1) is 13.8 Å². The lowest BCUT2D eigenvalue weighted by molar-refractivity contribution is 0.354. The zero-order valence-corrected chi connectivity index (χ0v) is 40.2. The minimum absolute atomic E-state index is 0.349. The molecule has 2 saturated heterocycles. The van der Waals surface area contributed by atoms with E-state index in [1.807, 2.05) is 74.5 Å². The first kappa shape index (κ1) is 46.7. The van der Waals surface area contributed by atoms with Crippen LogP contribution in [0.1, 0.15) is 33.6 Å². The third kappa shape index (κ3) is 11.2. The number of piperazine rings is 2. The van der Waals surface area contributed by atoms with Gasteiger partial charge in [0.2, 0.25) is 20.0 Å². The fraction of sp³-hybridized carbons (Fsp3) is 0.348. The van der Waals surface area contributed by atoms with E-state index in [1.165, 1.54) is 0 Å². The zero-order valence-electron chi connectivity index (χ0n) is 36.9. The normalized spacial score (nSPS) is 15.0. The molecule has 6 aromatic rings. The van der Waals surface area contributed by atoms with Gasteiger partial charge in [0.05, 0.1) is 49.6 Å². The second-order valence-electron chi connectivity index (χ2n) is 15.4. The maximum absolute atomic E-state index is 12.9. The Morgan fingerprint density at radius 2 is 0.922 bits per heavy atom. The van der Waals surface area contributed by atoms with Crippen molar-refractivity contribution in [3.63, 3.8) is 0 Å². The highest BCUT2D eigenvalue weighted by Gasteiger charge is 2.31. The van der Waals surface area contributed by atoms with Gasteiger partial charge in [-0.2, -0.15) is 8.61 Å². The summed E-state index contributed by atoms with van der Waals surface area (Å²) in [4.78, 5) is 14.6. The Morgan fingerprint density at radius 1 is 0.500 bits per heavy atom. The SMILES string of the molecule is COc1cc(Cc2csc(N3CCN(S(=O)(=O)c4ccc(C)cc4)CC3)n2)cc(OC)c1.COc1ccc(Cc2csc(N3CCN(S(=O)(=O)c4ccc(C)cc4)CC3)n2)cc1OC. The van der Waals surface area contributed by atoms with Gasteiger partial charge in [0.1, 0.15) is 11.5 Å². The Kier molecular flexibility index (Phi) is 15.1. The zero-order chi connectivity index (χ0) is 45.4. The summed E-state index contributed by atoms with van der Waals surface area (Å²) in [6.45, 7) is 8.14. The molecular weight excluding hydrogens is 893 g/mol. The largest absolute Gasteiger partial charge is 0.497 e. The van der Waals surface area contributed by atoms with Crippen molar-refractivity contribution in [2.45, 2.75) is 36.5 Å². The molecular formula is C46H54N6O8S4. The topological polar surface area (TPSA) is 144 Å². The number of thiazole rings is 2. The maximum Gasteiger partial charge on any atom is 0.243 e. The second-order valence-corrected chi connectivity index (χ2v) is 21.0. The summed E-state index contributed by atoms with van der Waals surface area (Å²) >= 11 is 3.18. The van der Waals surface area contributed by atoms with Crippen molar-refractivity contribution in [1.82, 2.24) is 18.6 Å². The van der Waals surface area contributed by atoms with Crippen molar-refractivity contribution < 1.29 is 35.8 Å². The van der Waals surface area contributed by atoms with Crippen LogP contribution in [0.25, 0.3) is 0 Å². The van der Waals surface area contributed by atoms with Crippen LogP contribution in [0.15, 0.2) is 105 Å². The van der Waals surface area contributed by atoms with E-state index < -0.39 is 20.0 Å². The average Bonchev–Trinajstić information content (AvgIpc) is 3.99. The van der Waals surface area contributed by atoms with Crippen LogP contribution in [0.5, 0.6) is 23.0 Å². The summed E-state index contributed by atoms with van der Waals surface area (Å²) in [5.74, 6) is 2.90. The van der Waals surface area contributed by atoms with Gasteiger partial charge in [-0.05, 0) is 73.5 Å². The first-order chi connectivity index (χ1) is 30.8. The van der Waals surface area contributed by atoms with E-state index in [9.17, 15) is 16.8 Å². The Bertz CT molecular complexity index is 2690. The van der Waals surface area contributed by atoms with Crippen LogP contribution in [0.3, 0.4) is 0 Å². The molecule has 0 aliphatic carbocycles. The van der Waals surface area contributed by atoms with E-state index in [0.717, 1.165) is 55.4 Å². The molecule has 0 N–H and O–H groups in total. The van der Waals surface area contributed by atoms with E-state index in [0.29, 0.717) is 86.5 Å². The van der Waals surface area contributed by atoms with Crippen molar-refractivity contribution in [3.05, 3.63) is 129 Å². The standard InChI is InChI=1S/2C23H27N3O4S2/c1-17-4-7-20(8-5-17)32(27,28)26-12-10-25(11-13-26)23-24-19(16-31-23)14-18-6-9-21(29-2)22(15-18)30-3;1-17-4-6-22(7-5-17)32(27,28)26-10-8-25(9-11-26)23-24-19(16-31-23)12-18-13-20(29-2)15-21(14-18)30-3/h4-9,15-16H,10-14H2,1-3H3;4-7,13-16H,8-12H2,1-3H3. The molecule has 0 saturated carbocycles. The van der Waals surface area contributed by atoms with Crippen LogP contribution >= 0.6 is 22.7 Å². The van der Waals surface area contributed by atoms with Crippen molar-refractivity contribution >= 4 is 53.0 Å². The van der Waals surface area contributed by atoms with E-state index in [2.05, 4.69) is 20.6 Å². The molecule has 2 aliphatic heterocycles. The number of benzene rings is 4. The van der Waals surface area contributed by atoms with Crippen LogP contribution in [-0.4, -0.2) is 116 Å². The van der Waals surface area contributed by atoms with Crippen molar-refractivity contribution in [2.75, 3.05) is 90.6 Å². The number of anilines is 2. The summed E-state index contributed by atoms with van der Waals surface area (Å²) in [5.41, 5.74) is 6.18. The molecule has 0 atom stereocenters. The molecule has 18 heteroatoms. The summed E-state index contributed by atoms with van der Waals surface area (Å²) in [6.07, 6.45) is 1.37. The highest BCUT2D eigenvalue weighted by Crippen LogP contribution is 2.31. The van der Waals surface area contributed by atoms with Gasteiger partial charge >= 0.3 is 0 Å². The molecule has 0 amide bonds. The highest BCUT2D eigenvalue weighted by atomic mass is 32.2. The number of nitrogens with zero attached hydrogens (tertiary/aromatic N) is 6. The number of sulfonamides is 2. The van der Waals surface area contributed by atoms with Crippen LogP contribution in [0.2, 0.25) is 0 Å². The van der Waals surface area contributed by atoms with Crippen LogP contribution < -0.4 is 28.7 Å². The smallest absolute Gasteiger partial charge is 0.243 e. The monoisotopic (exact) mass is 946 g/mol. The summed E-state index contributed by atoms with van der Waals surface area (Å²) in [6, 6.07) is 25.7. The van der Waals surface area contributed by atoms with E-state index >= 15 is 0 Å². The molecule has 8 rings (SSSR count). The summed E-state index contributed by atoms with van der Waals surface area (Å²) in [5, 5.41) is 5.95. The van der Waals surface area contributed by atoms with Crippen molar-refractivity contribution in [3.8, 4) is 23.0 Å². The molecule has 0 radical (unpaired) electrons. The number of aryl methyl sites for hydroxylation is 2. The van der Waals surface area contributed by atoms with Crippen LogP contribution in [-0.2, 0) is 32.9 Å². The van der Waals surface area contributed by atoms with Gasteiger partial charge in [0.25, 0.3) is 0 Å². The molecule has 2 aromatic heterocycles. The van der Waals surface area contributed by atoms with Gasteiger partial charge in [-0.3, -0.25) is 0 Å². The average molecular weight is 947 g/mol. The lowest BCUT2D eigenvalue weighted by Crippen LogP contribution is -2.48. The van der Waals surface area contributed by atoms with E-state index in [1.54, 1.807) is 84.0 Å². The van der Waals surface area contributed by atoms with Gasteiger partial charge in [-0.1, -0.05) is 41.5 Å². The van der Waals surface area contributed by atoms with Gasteiger partial charge in [-0.25, -0.2) is 26.8 Å². The molecule has 64 heavy (non-hydrogen) atoms. The van der Waals surface area contributed by atoms with E-state index in [-0.39, 0.29) is 0 Å². The second kappa shape index (κ2) is 20.7. The first-order valence-electron chi connectivity index (χ1n) is 20.7. The molecule has 340 valence electrons. The molecule has 4 aromatic carbocycles. The molecule has 14 nitrogen and oxygen atoms in total. The molecule has 0 unspecified atom stereocenters. The summed E-state index contributed by atoms with van der Waals surface area (Å²) < 4.78 is 76.2. The summed E-state index contributed by atoms with van der Waals surface area (Å²) in [7, 11) is -0.411. The van der Waals surface area contributed by atoms with Crippen molar-refractivity contribution in [1.29, 1.82) is 0 Å². The minimum atomic E-state index is -3.47. The van der Waals surface area contributed by atoms with Gasteiger partial charge in [0, 0.05) is 82.0 Å². The lowest BCUT2D eigenvalue weighted by atomic mass is 10.1. The fourth-order valence-electron chi connectivity index (χ4n) is 7.38. The first-order valence-corrected chi connectivity index (χ1v) is 25.4. The Labute approximate surface area is 384 Å². The van der Waals surface area contributed by atoms with Crippen molar-refractivity contribution in [2.24, 2.45) is 0 Å². The van der Waals surface area contributed by atoms with E-state index in [4.69, 9.17) is 28.9 Å². The van der Waals surface area contributed by atoms with Gasteiger partial charge < -0.3 is 28.7 Å². The predicted molar refractivity (Wildman–Crippen MR) is 253 cm³/mol. The van der Waals surface area contributed by atoms with Gasteiger partial charge in [0.15, 0.2) is 21.8 Å². The highest BCUT2D eigenvalue weighted by molar-refractivity contribution is 7.89.